The maximum Gasteiger partial charge on any atom is 0.303 e. The number of hydrogen-bond donors (Lipinski definition) is 2. The molecule has 218 valence electrons. The number of para-hydroxylation sites is 1. The number of nitrogens with zero attached hydrogens (tertiary/aromatic N) is 2. The Kier molecular flexibility index (Phi) is 9.38. The van der Waals surface area contributed by atoms with Crippen molar-refractivity contribution in [3.63, 3.8) is 0 Å². The monoisotopic (exact) mass is 610 g/mol. The van der Waals surface area contributed by atoms with E-state index >= 15 is 0 Å². The smallest absolute Gasteiger partial charge is 0.303 e. The first kappa shape index (κ1) is 30.4. The first-order valence-corrected chi connectivity index (χ1v) is 15.2. The number of aromatic nitrogens is 2. The summed E-state index contributed by atoms with van der Waals surface area (Å²) in [6, 6.07) is 25.4. The Labute approximate surface area is 242 Å². The fraction of sp³-hybridized carbons (Fsp3) is 0.103. The summed E-state index contributed by atoms with van der Waals surface area (Å²) in [5.74, 6) is 1.19. The minimum Gasteiger partial charge on any atom is -0.457 e. The van der Waals surface area contributed by atoms with Gasteiger partial charge in [-0.1, -0.05) is 60.7 Å². The molecule has 1 atom stereocenters. The molecule has 0 aliphatic rings. The maximum atomic E-state index is 11.4. The summed E-state index contributed by atoms with van der Waals surface area (Å²) in [5, 5.41) is 0.452. The number of carbonyl (C=O) groups excluding carboxylic acids is 1. The van der Waals surface area contributed by atoms with Gasteiger partial charge in [-0.05, 0) is 41.3 Å². The van der Waals surface area contributed by atoms with Crippen molar-refractivity contribution in [3.05, 3.63) is 115 Å². The zero-order valence-electron chi connectivity index (χ0n) is 22.1. The lowest BCUT2D eigenvalue weighted by molar-refractivity contribution is -0.147. The molecule has 5 rings (SSSR count). The molecule has 1 unspecified atom stereocenters. The number of benzene rings is 4. The second-order valence-corrected chi connectivity index (χ2v) is 11.7. The van der Waals surface area contributed by atoms with Crippen molar-refractivity contribution < 1.29 is 40.2 Å². The van der Waals surface area contributed by atoms with Crippen LogP contribution in [0.3, 0.4) is 0 Å². The summed E-state index contributed by atoms with van der Waals surface area (Å²) in [6.07, 6.45) is 4.86. The van der Waals surface area contributed by atoms with Gasteiger partial charge in [0, 0.05) is 24.7 Å². The van der Waals surface area contributed by atoms with Crippen LogP contribution in [0, 0.1) is 0 Å². The van der Waals surface area contributed by atoms with Gasteiger partial charge in [0.05, 0.1) is 12.9 Å². The van der Waals surface area contributed by atoms with E-state index in [4.69, 9.17) is 18.6 Å². The molecule has 0 bridgehead atoms. The second-order valence-electron chi connectivity index (χ2n) is 8.91. The van der Waals surface area contributed by atoms with Crippen molar-refractivity contribution in [2.75, 3.05) is 0 Å². The van der Waals surface area contributed by atoms with Gasteiger partial charge in [0.25, 0.3) is 20.2 Å². The van der Waals surface area contributed by atoms with Crippen LogP contribution in [0.1, 0.15) is 18.6 Å². The summed E-state index contributed by atoms with van der Waals surface area (Å²) in [7, 11) is -9.53. The molecule has 1 aromatic heterocycles. The predicted octanol–water partition coefficient (Wildman–Crippen LogP) is 5.31. The lowest BCUT2D eigenvalue weighted by Crippen LogP contribution is -2.14. The average Bonchev–Trinajstić information content (AvgIpc) is 3.45. The zero-order chi connectivity index (χ0) is 30.3. The third-order valence-electron chi connectivity index (χ3n) is 5.85. The average molecular weight is 611 g/mol. The molecule has 42 heavy (non-hydrogen) atoms. The molecule has 0 spiro atoms. The van der Waals surface area contributed by atoms with Gasteiger partial charge in [0.2, 0.25) is 0 Å². The number of rotatable bonds is 8. The highest BCUT2D eigenvalue weighted by molar-refractivity contribution is 7.89. The quantitative estimate of drug-likeness (QED) is 0.174. The van der Waals surface area contributed by atoms with Crippen LogP contribution in [0.15, 0.2) is 120 Å². The van der Waals surface area contributed by atoms with E-state index in [9.17, 15) is 21.6 Å². The molecule has 11 nitrogen and oxygen atoms in total. The van der Waals surface area contributed by atoms with Crippen molar-refractivity contribution in [3.8, 4) is 11.5 Å². The Morgan fingerprint density at radius 2 is 1.48 bits per heavy atom. The first-order chi connectivity index (χ1) is 19.9. The number of hydrogen-bond acceptors (Lipinski definition) is 8. The van der Waals surface area contributed by atoms with Gasteiger partial charge in [-0.25, -0.2) is 4.98 Å². The van der Waals surface area contributed by atoms with Crippen molar-refractivity contribution in [1.82, 2.24) is 9.55 Å². The Balaban J connectivity index is 0.000000201. The van der Waals surface area contributed by atoms with E-state index in [1.165, 1.54) is 25.1 Å². The number of fused-ring (bicyclic) bond motifs is 1. The minimum absolute atomic E-state index is 0.0233. The highest BCUT2D eigenvalue weighted by Gasteiger charge is 2.26. The molecule has 0 aliphatic heterocycles. The SMILES string of the molecule is CC(=O)OC(Cn1ccnc1)c1ccc(Oc2ccccc2)cc1.O=S(=O)(O)c1ccc2ccccc2c1S(=O)(=O)O. The summed E-state index contributed by atoms with van der Waals surface area (Å²) in [6.45, 7) is 1.92. The molecular weight excluding hydrogens is 584 g/mol. The first-order valence-electron chi connectivity index (χ1n) is 12.3. The standard InChI is InChI=1S/C19H18N2O3.C10H8O6S2/c1-15(22)23-19(13-21-12-11-20-14-21)16-7-9-18(10-8-16)24-17-5-3-2-4-6-17;11-17(12,13)9-6-5-7-3-1-2-4-8(7)10(9)18(14,15)16/h2-12,14,19H,13H2,1H3;1-6H,(H,11,12,13)(H,14,15,16). The molecule has 4 aromatic carbocycles. The van der Waals surface area contributed by atoms with Gasteiger partial charge in [0.15, 0.2) is 0 Å². The number of carbonyl (C=O) groups is 1. The summed E-state index contributed by atoms with van der Waals surface area (Å²) < 4.78 is 76.0. The van der Waals surface area contributed by atoms with Gasteiger partial charge in [-0.2, -0.15) is 16.8 Å². The van der Waals surface area contributed by atoms with E-state index in [0.29, 0.717) is 11.9 Å². The topological polar surface area (TPSA) is 162 Å². The second kappa shape index (κ2) is 13.0. The molecule has 0 saturated heterocycles. The minimum atomic E-state index is -4.78. The van der Waals surface area contributed by atoms with Crippen molar-refractivity contribution in [2.24, 2.45) is 0 Å². The van der Waals surface area contributed by atoms with Crippen molar-refractivity contribution >= 4 is 37.0 Å². The van der Waals surface area contributed by atoms with Gasteiger partial charge in [-0.15, -0.1) is 0 Å². The Morgan fingerprint density at radius 3 is 2.07 bits per heavy atom. The predicted molar refractivity (Wildman–Crippen MR) is 153 cm³/mol. The molecule has 0 saturated carbocycles. The molecule has 5 aromatic rings. The zero-order valence-corrected chi connectivity index (χ0v) is 23.8. The molecule has 0 radical (unpaired) electrons. The number of esters is 1. The molecule has 1 heterocycles. The summed E-state index contributed by atoms with van der Waals surface area (Å²) >= 11 is 0. The van der Waals surface area contributed by atoms with Crippen LogP contribution in [-0.2, 0) is 36.3 Å². The fourth-order valence-corrected chi connectivity index (χ4v) is 6.07. The van der Waals surface area contributed by atoms with Gasteiger partial charge >= 0.3 is 5.97 Å². The van der Waals surface area contributed by atoms with Gasteiger partial charge in [0.1, 0.15) is 27.4 Å². The van der Waals surface area contributed by atoms with E-state index in [1.54, 1.807) is 24.7 Å². The van der Waals surface area contributed by atoms with Crippen LogP contribution < -0.4 is 4.74 Å². The van der Waals surface area contributed by atoms with Crippen LogP contribution in [0.5, 0.6) is 11.5 Å². The lowest BCUT2D eigenvalue weighted by atomic mass is 10.1. The Bertz CT molecular complexity index is 1880. The molecular formula is C29H26N2O9S2. The Hall–Kier alpha value is -4.56. The van der Waals surface area contributed by atoms with Crippen LogP contribution in [0.2, 0.25) is 0 Å². The van der Waals surface area contributed by atoms with E-state index in [1.807, 2.05) is 65.4 Å². The third kappa shape index (κ3) is 8.01. The largest absolute Gasteiger partial charge is 0.457 e. The molecule has 0 amide bonds. The maximum absolute atomic E-state index is 11.4. The summed E-state index contributed by atoms with van der Waals surface area (Å²) in [4.78, 5) is 13.7. The lowest BCUT2D eigenvalue weighted by Gasteiger charge is -2.18. The highest BCUT2D eigenvalue weighted by atomic mass is 32.2. The van der Waals surface area contributed by atoms with Crippen LogP contribution >= 0.6 is 0 Å². The highest BCUT2D eigenvalue weighted by Crippen LogP contribution is 2.30. The van der Waals surface area contributed by atoms with Crippen LogP contribution in [0.4, 0.5) is 0 Å². The molecule has 2 N–H and O–H groups in total. The van der Waals surface area contributed by atoms with E-state index < -0.39 is 30.0 Å². The number of ether oxygens (including phenoxy) is 2. The van der Waals surface area contributed by atoms with Crippen LogP contribution in [-0.4, -0.2) is 41.5 Å². The fourth-order valence-electron chi connectivity index (χ4n) is 4.06. The van der Waals surface area contributed by atoms with Crippen molar-refractivity contribution in [1.29, 1.82) is 0 Å². The molecule has 0 aliphatic carbocycles. The normalized spacial score (nSPS) is 12.2. The molecule has 0 fully saturated rings. The summed E-state index contributed by atoms with van der Waals surface area (Å²) in [5.41, 5.74) is 0.902. The third-order valence-corrected chi connectivity index (χ3v) is 7.84. The van der Waals surface area contributed by atoms with Gasteiger partial charge in [-0.3, -0.25) is 13.9 Å². The van der Waals surface area contributed by atoms with E-state index in [0.717, 1.165) is 23.1 Å². The van der Waals surface area contributed by atoms with Crippen LogP contribution in [0.25, 0.3) is 10.8 Å². The molecule has 13 heteroatoms. The number of imidazole rings is 1. The Morgan fingerprint density at radius 1 is 0.833 bits per heavy atom. The van der Waals surface area contributed by atoms with Crippen molar-refractivity contribution in [2.45, 2.75) is 29.4 Å². The van der Waals surface area contributed by atoms with Gasteiger partial charge < -0.3 is 14.0 Å². The van der Waals surface area contributed by atoms with E-state index in [2.05, 4.69) is 4.98 Å². The van der Waals surface area contributed by atoms with E-state index in [-0.39, 0.29) is 17.5 Å².